The Labute approximate surface area is 90.2 Å². The van der Waals surface area contributed by atoms with Crippen LogP contribution in [0.2, 0.25) is 0 Å². The fourth-order valence-corrected chi connectivity index (χ4v) is 1.25. The number of hydrogen-bond donors (Lipinski definition) is 1. The molecule has 82 valence electrons. The van der Waals surface area contributed by atoms with Crippen LogP contribution in [0.4, 0.5) is 5.69 Å². The van der Waals surface area contributed by atoms with Crippen molar-refractivity contribution in [2.45, 2.75) is 26.2 Å². The summed E-state index contributed by atoms with van der Waals surface area (Å²) in [4.78, 5) is 0.491. The summed E-state index contributed by atoms with van der Waals surface area (Å²) < 4.78 is 0. The molecular formula is C11H17N3O. The molecule has 1 N–H and O–H groups in total. The topological polar surface area (TPSA) is 50.5 Å². The molecule has 0 bridgehead atoms. The maximum Gasteiger partial charge on any atom is 0.146 e. The molecule has 0 saturated carbocycles. The quantitative estimate of drug-likeness (QED) is 0.458. The van der Waals surface area contributed by atoms with E-state index in [1.807, 2.05) is 12.1 Å². The maximum atomic E-state index is 10.5. The van der Waals surface area contributed by atoms with Crippen LogP contribution in [0.15, 0.2) is 29.5 Å². The van der Waals surface area contributed by atoms with E-state index in [1.54, 1.807) is 0 Å². The van der Waals surface area contributed by atoms with Crippen LogP contribution >= 0.6 is 0 Å². The Morgan fingerprint density at radius 3 is 2.53 bits per heavy atom. The van der Waals surface area contributed by atoms with Gasteiger partial charge < -0.3 is 5.21 Å². The molecule has 0 radical (unpaired) electrons. The molecule has 1 rings (SSSR count). The first-order valence-electron chi connectivity index (χ1n) is 5.19. The zero-order valence-corrected chi connectivity index (χ0v) is 9.23. The number of aryl methyl sites for hydroxylation is 1. The first-order chi connectivity index (χ1) is 7.22. The van der Waals surface area contributed by atoms with Gasteiger partial charge in [-0.05, 0) is 30.5 Å². The zero-order chi connectivity index (χ0) is 11.1. The highest BCUT2D eigenvalue weighted by Crippen LogP contribution is 2.11. The second-order valence-corrected chi connectivity index (χ2v) is 3.48. The minimum Gasteiger partial charge on any atom is -0.696 e. The molecule has 0 heterocycles. The smallest absolute Gasteiger partial charge is 0.146 e. The maximum absolute atomic E-state index is 10.5. The summed E-state index contributed by atoms with van der Waals surface area (Å²) in [7, 11) is 1.34. The van der Waals surface area contributed by atoms with Gasteiger partial charge in [-0.3, -0.25) is 0 Å². The van der Waals surface area contributed by atoms with Gasteiger partial charge in [0.1, 0.15) is 12.7 Å². The van der Waals surface area contributed by atoms with Gasteiger partial charge in [0, 0.05) is 0 Å². The fourth-order valence-electron chi connectivity index (χ4n) is 1.25. The molecule has 0 unspecified atom stereocenters. The standard InChI is InChI=1S/C11H17N3O/c1-3-4-5-10-6-8-11(9-7-10)12-13-14(2)15/h6-9,12H,3-5H2,1-2H3/b14-13+. The molecule has 0 aliphatic heterocycles. The van der Waals surface area contributed by atoms with Crippen LogP contribution in [-0.2, 0) is 6.42 Å². The molecule has 0 aromatic heterocycles. The minimum absolute atomic E-state index is 0.491. The summed E-state index contributed by atoms with van der Waals surface area (Å²) in [6.45, 7) is 2.18. The number of nitrogens with one attached hydrogen (secondary N) is 1. The van der Waals surface area contributed by atoms with Gasteiger partial charge in [0.2, 0.25) is 0 Å². The van der Waals surface area contributed by atoms with E-state index in [1.165, 1.54) is 25.5 Å². The van der Waals surface area contributed by atoms with E-state index in [2.05, 4.69) is 29.7 Å². The molecule has 0 atom stereocenters. The largest absolute Gasteiger partial charge is 0.696 e. The molecule has 0 aliphatic carbocycles. The van der Waals surface area contributed by atoms with Gasteiger partial charge in [-0.1, -0.05) is 25.5 Å². The lowest BCUT2D eigenvalue weighted by molar-refractivity contribution is -0.497. The third-order valence-corrected chi connectivity index (χ3v) is 2.09. The van der Waals surface area contributed by atoms with Gasteiger partial charge in [-0.2, -0.15) is 4.86 Å². The van der Waals surface area contributed by atoms with Crippen LogP contribution in [0.3, 0.4) is 0 Å². The Morgan fingerprint density at radius 1 is 1.33 bits per heavy atom. The van der Waals surface area contributed by atoms with Gasteiger partial charge in [0.05, 0.1) is 5.22 Å². The van der Waals surface area contributed by atoms with E-state index in [0.717, 1.165) is 12.1 Å². The van der Waals surface area contributed by atoms with Gasteiger partial charge in [0.15, 0.2) is 0 Å². The van der Waals surface area contributed by atoms with Crippen molar-refractivity contribution in [1.29, 1.82) is 0 Å². The van der Waals surface area contributed by atoms with Crippen molar-refractivity contribution >= 4 is 5.69 Å². The number of anilines is 1. The summed E-state index contributed by atoms with van der Waals surface area (Å²) in [6.07, 6.45) is 3.52. The summed E-state index contributed by atoms with van der Waals surface area (Å²) in [5.74, 6) is 0. The molecule has 0 spiro atoms. The highest BCUT2D eigenvalue weighted by atomic mass is 16.5. The average molecular weight is 207 g/mol. The van der Waals surface area contributed by atoms with Crippen molar-refractivity contribution in [2.75, 3.05) is 12.5 Å². The number of benzene rings is 1. The second-order valence-electron chi connectivity index (χ2n) is 3.48. The predicted octanol–water partition coefficient (Wildman–Crippen LogP) is 2.95. The van der Waals surface area contributed by atoms with Gasteiger partial charge in [-0.15, -0.1) is 5.43 Å². The lowest BCUT2D eigenvalue weighted by Gasteiger charge is -2.00. The van der Waals surface area contributed by atoms with Crippen molar-refractivity contribution in [3.8, 4) is 0 Å². The molecule has 0 saturated heterocycles. The highest BCUT2D eigenvalue weighted by molar-refractivity contribution is 5.43. The molecule has 0 aliphatic rings. The van der Waals surface area contributed by atoms with E-state index in [-0.39, 0.29) is 0 Å². The first-order valence-corrected chi connectivity index (χ1v) is 5.19. The molecule has 1 aromatic rings. The van der Waals surface area contributed by atoms with E-state index < -0.39 is 0 Å². The van der Waals surface area contributed by atoms with E-state index in [0.29, 0.717) is 4.86 Å². The van der Waals surface area contributed by atoms with Crippen LogP contribution in [0, 0.1) is 5.21 Å². The number of unbranched alkanes of at least 4 members (excludes halogenated alkanes) is 1. The average Bonchev–Trinajstić information content (AvgIpc) is 2.25. The Bertz CT molecular complexity index is 315. The lowest BCUT2D eigenvalue weighted by atomic mass is 10.1. The summed E-state index contributed by atoms with van der Waals surface area (Å²) >= 11 is 0. The summed E-state index contributed by atoms with van der Waals surface area (Å²) in [5.41, 5.74) is 4.81. The van der Waals surface area contributed by atoms with E-state index in [9.17, 15) is 5.21 Å². The molecule has 15 heavy (non-hydrogen) atoms. The second kappa shape index (κ2) is 6.01. The van der Waals surface area contributed by atoms with Crippen LogP contribution in [0.25, 0.3) is 0 Å². The van der Waals surface area contributed by atoms with Crippen LogP contribution < -0.4 is 5.43 Å². The fraction of sp³-hybridized carbons (Fsp3) is 0.455. The number of hydroxylamine groups is 1. The highest BCUT2D eigenvalue weighted by Gasteiger charge is 1.96. The lowest BCUT2D eigenvalue weighted by Crippen LogP contribution is -1.96. The Morgan fingerprint density at radius 2 is 2.00 bits per heavy atom. The van der Waals surface area contributed by atoms with Gasteiger partial charge >= 0.3 is 0 Å². The molecule has 1 aromatic carbocycles. The zero-order valence-electron chi connectivity index (χ0n) is 9.23. The van der Waals surface area contributed by atoms with Crippen molar-refractivity contribution in [3.63, 3.8) is 0 Å². The molecule has 4 nitrogen and oxygen atoms in total. The van der Waals surface area contributed by atoms with Crippen LogP contribution in [-0.4, -0.2) is 11.9 Å². The summed E-state index contributed by atoms with van der Waals surface area (Å²) in [5, 5.41) is 14.0. The Hall–Kier alpha value is -1.58. The Balaban J connectivity index is 2.52. The predicted molar refractivity (Wildman–Crippen MR) is 60.7 cm³/mol. The van der Waals surface area contributed by atoms with Gasteiger partial charge in [-0.25, -0.2) is 0 Å². The number of hydrogen-bond acceptors (Lipinski definition) is 2. The monoisotopic (exact) mass is 207 g/mol. The molecular weight excluding hydrogens is 190 g/mol. The SMILES string of the molecule is CCCCc1ccc(N/N=[N+](\C)[O-])cc1. The van der Waals surface area contributed by atoms with E-state index in [4.69, 9.17) is 0 Å². The number of rotatable bonds is 5. The van der Waals surface area contributed by atoms with E-state index >= 15 is 0 Å². The van der Waals surface area contributed by atoms with Crippen molar-refractivity contribution in [2.24, 2.45) is 5.22 Å². The van der Waals surface area contributed by atoms with Crippen molar-refractivity contribution < 1.29 is 4.86 Å². The van der Waals surface area contributed by atoms with Crippen molar-refractivity contribution in [3.05, 3.63) is 35.0 Å². The van der Waals surface area contributed by atoms with Gasteiger partial charge in [0.25, 0.3) is 0 Å². The third-order valence-electron chi connectivity index (χ3n) is 2.09. The first kappa shape index (κ1) is 11.5. The normalized spacial score (nSPS) is 11.5. The third kappa shape index (κ3) is 4.44. The molecule has 0 amide bonds. The molecule has 4 heteroatoms. The summed E-state index contributed by atoms with van der Waals surface area (Å²) in [6, 6.07) is 7.96. The number of nitrogens with zero attached hydrogens (tertiary/aromatic N) is 2. The molecule has 0 fully saturated rings. The van der Waals surface area contributed by atoms with Crippen molar-refractivity contribution in [1.82, 2.24) is 0 Å². The minimum atomic E-state index is 0.491. The van der Waals surface area contributed by atoms with Crippen LogP contribution in [0.5, 0.6) is 0 Å². The Kier molecular flexibility index (Phi) is 4.60. The van der Waals surface area contributed by atoms with Crippen LogP contribution in [0.1, 0.15) is 25.3 Å².